The van der Waals surface area contributed by atoms with Crippen molar-refractivity contribution in [3.63, 3.8) is 0 Å². The number of ketones is 1. The average molecular weight is 579 g/mol. The number of carbonyl (C=O) groups excluding carboxylic acids is 4. The molecule has 0 unspecified atom stereocenters. The predicted molar refractivity (Wildman–Crippen MR) is 146 cm³/mol. The van der Waals surface area contributed by atoms with Crippen LogP contribution in [0.5, 0.6) is 0 Å². The van der Waals surface area contributed by atoms with Gasteiger partial charge in [-0.1, -0.05) is 25.5 Å². The number of ether oxygens (including phenoxy) is 6. The third kappa shape index (κ3) is 6.54. The number of cyclic esters (lactones) is 1. The SMILES string of the molecule is COC(=O)[C@H]1[C@H](C(=O)CC[C@H]2[C@H](C)OC(=O)[C@@H]2C)CC=C2C[C@@H](O[C@H]3C[C@@H](OC)[C@@H](OC(C)=O)[C@@H](C)O3)CC[C@@]21C. The van der Waals surface area contributed by atoms with Crippen LogP contribution in [0, 0.1) is 29.1 Å². The van der Waals surface area contributed by atoms with Gasteiger partial charge in [-0.15, -0.1) is 0 Å². The highest BCUT2D eigenvalue weighted by Crippen LogP contribution is 2.54. The summed E-state index contributed by atoms with van der Waals surface area (Å²) in [6.07, 6.45) is 3.77. The Balaban J connectivity index is 1.42. The Morgan fingerprint density at radius 1 is 1.12 bits per heavy atom. The highest BCUT2D eigenvalue weighted by Gasteiger charge is 2.53. The van der Waals surface area contributed by atoms with Crippen LogP contribution < -0.4 is 0 Å². The zero-order chi connectivity index (χ0) is 30.1. The minimum atomic E-state index is -0.578. The normalized spacial score (nSPS) is 40.7. The maximum atomic E-state index is 13.6. The van der Waals surface area contributed by atoms with Gasteiger partial charge in [-0.25, -0.2) is 0 Å². The second-order valence-corrected chi connectivity index (χ2v) is 12.4. The van der Waals surface area contributed by atoms with Gasteiger partial charge in [-0.05, 0) is 46.0 Å². The molecule has 11 atom stereocenters. The molecule has 0 N–H and O–H groups in total. The van der Waals surface area contributed by atoms with Crippen LogP contribution in [0.2, 0.25) is 0 Å². The van der Waals surface area contributed by atoms with Crippen LogP contribution in [0.1, 0.15) is 79.6 Å². The lowest BCUT2D eigenvalue weighted by Gasteiger charge is -2.49. The molecule has 3 fully saturated rings. The van der Waals surface area contributed by atoms with Gasteiger partial charge in [0, 0.05) is 44.1 Å². The Bertz CT molecular complexity index is 1040. The van der Waals surface area contributed by atoms with E-state index < -0.39 is 29.6 Å². The Labute approximate surface area is 242 Å². The van der Waals surface area contributed by atoms with Crippen LogP contribution in [0.15, 0.2) is 11.6 Å². The van der Waals surface area contributed by atoms with Crippen molar-refractivity contribution in [3.05, 3.63) is 11.6 Å². The number of esters is 3. The van der Waals surface area contributed by atoms with E-state index in [0.29, 0.717) is 44.9 Å². The van der Waals surface area contributed by atoms with Crippen molar-refractivity contribution in [2.24, 2.45) is 29.1 Å². The van der Waals surface area contributed by atoms with E-state index in [4.69, 9.17) is 28.4 Å². The largest absolute Gasteiger partial charge is 0.469 e. The van der Waals surface area contributed by atoms with Gasteiger partial charge in [0.1, 0.15) is 18.0 Å². The van der Waals surface area contributed by atoms with Gasteiger partial charge in [-0.3, -0.25) is 19.2 Å². The van der Waals surface area contributed by atoms with Crippen LogP contribution >= 0.6 is 0 Å². The first kappa shape index (κ1) is 31.6. The van der Waals surface area contributed by atoms with Gasteiger partial charge in [0.05, 0.1) is 31.2 Å². The third-order valence-electron chi connectivity index (χ3n) is 9.95. The van der Waals surface area contributed by atoms with Crippen molar-refractivity contribution in [2.45, 2.75) is 116 Å². The highest BCUT2D eigenvalue weighted by atomic mass is 16.7. The fourth-order valence-electron chi connectivity index (χ4n) is 7.54. The number of hydrogen-bond donors (Lipinski definition) is 0. The van der Waals surface area contributed by atoms with Crippen LogP contribution in [0.4, 0.5) is 0 Å². The minimum Gasteiger partial charge on any atom is -0.469 e. The standard InChI is InChI=1S/C31H46O10/c1-16-22(17(2)39-29(16)34)10-11-24(33)23-9-8-20-14-21(12-13-31(20,5)27(23)30(35)37-7)41-26-15-25(36-6)28(18(3)38-26)40-19(4)32/h8,16-18,21-23,25-28H,9-15H2,1-7H3/t16-,17+,18-,21+,22-,23+,25-,26+,27-,28+,31+/m1/s1. The smallest absolute Gasteiger partial charge is 0.310 e. The number of carbonyl (C=O) groups is 4. The minimum absolute atomic E-state index is 0.00683. The van der Waals surface area contributed by atoms with Crippen molar-refractivity contribution < 1.29 is 47.6 Å². The summed E-state index contributed by atoms with van der Waals surface area (Å²) in [5.74, 6) is -2.21. The topological polar surface area (TPSA) is 124 Å². The molecule has 0 aromatic carbocycles. The summed E-state index contributed by atoms with van der Waals surface area (Å²) >= 11 is 0. The molecule has 2 aliphatic heterocycles. The molecule has 41 heavy (non-hydrogen) atoms. The second kappa shape index (κ2) is 12.9. The van der Waals surface area contributed by atoms with E-state index in [9.17, 15) is 19.2 Å². The van der Waals surface area contributed by atoms with E-state index in [2.05, 4.69) is 13.0 Å². The quantitative estimate of drug-likeness (QED) is 0.226. The van der Waals surface area contributed by atoms with Crippen molar-refractivity contribution in [2.75, 3.05) is 14.2 Å². The summed E-state index contributed by atoms with van der Waals surface area (Å²) in [5, 5.41) is 0. The van der Waals surface area contributed by atoms with E-state index in [1.807, 2.05) is 20.8 Å². The van der Waals surface area contributed by atoms with Crippen molar-refractivity contribution in [1.82, 2.24) is 0 Å². The number of methoxy groups -OCH3 is 2. The Kier molecular flexibility index (Phi) is 9.96. The van der Waals surface area contributed by atoms with Crippen molar-refractivity contribution in [3.8, 4) is 0 Å². The summed E-state index contributed by atoms with van der Waals surface area (Å²) in [7, 11) is 2.96. The number of Topliss-reactive ketones (excluding diaryl/α,β-unsaturated/α-hetero) is 1. The van der Waals surface area contributed by atoms with Gasteiger partial charge in [0.25, 0.3) is 0 Å². The fraction of sp³-hybridized carbons (Fsp3) is 0.806. The molecule has 0 aromatic rings. The monoisotopic (exact) mass is 578 g/mol. The molecule has 10 nitrogen and oxygen atoms in total. The van der Waals surface area contributed by atoms with E-state index in [0.717, 1.165) is 5.57 Å². The van der Waals surface area contributed by atoms with Crippen LogP contribution in [0.25, 0.3) is 0 Å². The van der Waals surface area contributed by atoms with E-state index >= 15 is 0 Å². The maximum absolute atomic E-state index is 13.6. The molecule has 0 bridgehead atoms. The van der Waals surface area contributed by atoms with Crippen LogP contribution in [-0.4, -0.2) is 74.7 Å². The average Bonchev–Trinajstić information content (AvgIpc) is 3.17. The number of rotatable bonds is 9. The first-order valence-corrected chi connectivity index (χ1v) is 14.9. The molecule has 1 saturated carbocycles. The zero-order valence-corrected chi connectivity index (χ0v) is 25.4. The van der Waals surface area contributed by atoms with Crippen molar-refractivity contribution in [1.29, 1.82) is 0 Å². The maximum Gasteiger partial charge on any atom is 0.310 e. The van der Waals surface area contributed by atoms with Gasteiger partial charge in [0.2, 0.25) is 0 Å². The van der Waals surface area contributed by atoms with Crippen LogP contribution in [0.3, 0.4) is 0 Å². The lowest BCUT2D eigenvalue weighted by molar-refractivity contribution is -0.269. The molecular formula is C31H46O10. The molecule has 2 heterocycles. The molecule has 230 valence electrons. The van der Waals surface area contributed by atoms with Crippen molar-refractivity contribution >= 4 is 23.7 Å². The lowest BCUT2D eigenvalue weighted by Crippen LogP contribution is -2.52. The summed E-state index contributed by atoms with van der Waals surface area (Å²) in [6.45, 7) is 8.99. The first-order chi connectivity index (χ1) is 19.4. The second-order valence-electron chi connectivity index (χ2n) is 12.4. The highest BCUT2D eigenvalue weighted by molar-refractivity contribution is 5.88. The first-order valence-electron chi connectivity index (χ1n) is 14.9. The Morgan fingerprint density at radius 2 is 1.85 bits per heavy atom. The molecule has 4 aliphatic rings. The molecule has 0 aromatic heterocycles. The van der Waals surface area contributed by atoms with Gasteiger partial charge >= 0.3 is 17.9 Å². The van der Waals surface area contributed by atoms with Gasteiger partial charge in [-0.2, -0.15) is 0 Å². The van der Waals surface area contributed by atoms with E-state index in [1.54, 1.807) is 7.11 Å². The van der Waals surface area contributed by atoms with Gasteiger partial charge in [0.15, 0.2) is 12.4 Å². The number of hydrogen-bond acceptors (Lipinski definition) is 10. The zero-order valence-electron chi connectivity index (χ0n) is 25.4. The van der Waals surface area contributed by atoms with Gasteiger partial charge < -0.3 is 28.4 Å². The molecule has 10 heteroatoms. The summed E-state index contributed by atoms with van der Waals surface area (Å²) in [5.41, 5.74) is 0.588. The van der Waals surface area contributed by atoms with E-state index in [1.165, 1.54) is 14.0 Å². The molecule has 0 amide bonds. The molecule has 2 aliphatic carbocycles. The molecular weight excluding hydrogens is 532 g/mol. The summed E-state index contributed by atoms with van der Waals surface area (Å²) in [4.78, 5) is 50.2. The lowest BCUT2D eigenvalue weighted by atomic mass is 9.55. The molecule has 4 rings (SSSR count). The number of allylic oxidation sites excluding steroid dienone is 1. The molecule has 2 saturated heterocycles. The summed E-state index contributed by atoms with van der Waals surface area (Å²) < 4.78 is 34.1. The Hall–Kier alpha value is -2.30. The third-order valence-corrected chi connectivity index (χ3v) is 9.95. The Morgan fingerprint density at radius 3 is 2.46 bits per heavy atom. The molecule has 0 spiro atoms. The van der Waals surface area contributed by atoms with Crippen LogP contribution in [-0.2, 0) is 47.6 Å². The van der Waals surface area contributed by atoms with E-state index in [-0.39, 0.29) is 59.9 Å². The fourth-order valence-corrected chi connectivity index (χ4v) is 7.54. The number of fused-ring (bicyclic) bond motifs is 1. The summed E-state index contributed by atoms with van der Waals surface area (Å²) in [6, 6.07) is 0. The predicted octanol–water partition coefficient (Wildman–Crippen LogP) is 3.93. The molecule has 0 radical (unpaired) electrons.